The zero-order chi connectivity index (χ0) is 13.9. The summed E-state index contributed by atoms with van der Waals surface area (Å²) in [6.45, 7) is 5.29. The van der Waals surface area contributed by atoms with Gasteiger partial charge in [0.2, 0.25) is 0 Å². The molecule has 1 N–H and O–H groups in total. The van der Waals surface area contributed by atoms with Gasteiger partial charge >= 0.3 is 12.1 Å². The van der Waals surface area contributed by atoms with Gasteiger partial charge in [0.25, 0.3) is 0 Å². The number of aliphatic hydroxyl groups is 1. The van der Waals surface area contributed by atoms with E-state index in [-0.39, 0.29) is 0 Å². The molecular formula is C11H19F3O3. The molecule has 0 aromatic carbocycles. The first-order valence-corrected chi connectivity index (χ1v) is 5.40. The lowest BCUT2D eigenvalue weighted by molar-refractivity contribution is -0.257. The molecule has 0 aromatic rings. The summed E-state index contributed by atoms with van der Waals surface area (Å²) < 4.78 is 41.5. The van der Waals surface area contributed by atoms with E-state index < -0.39 is 36.2 Å². The van der Waals surface area contributed by atoms with Gasteiger partial charge in [-0.25, -0.2) is 0 Å². The van der Waals surface area contributed by atoms with Crippen molar-refractivity contribution in [3.05, 3.63) is 0 Å². The van der Waals surface area contributed by atoms with E-state index in [1.807, 2.05) is 0 Å². The molecule has 3 nitrogen and oxygen atoms in total. The zero-order valence-electron chi connectivity index (χ0n) is 10.5. The average Bonchev–Trinajstić information content (AvgIpc) is 2.15. The summed E-state index contributed by atoms with van der Waals surface area (Å²) in [6, 6.07) is 0. The Hall–Kier alpha value is -0.780. The number of ether oxygens (including phenoxy) is 1. The number of carbonyl (C=O) groups is 1. The Morgan fingerprint density at radius 2 is 1.71 bits per heavy atom. The van der Waals surface area contributed by atoms with Gasteiger partial charge in [-0.1, -0.05) is 6.92 Å². The highest BCUT2D eigenvalue weighted by Crippen LogP contribution is 2.32. The normalized spacial score (nSPS) is 16.5. The summed E-state index contributed by atoms with van der Waals surface area (Å²) >= 11 is 0. The summed E-state index contributed by atoms with van der Waals surface area (Å²) in [7, 11) is 0. The van der Waals surface area contributed by atoms with E-state index in [4.69, 9.17) is 9.84 Å². The van der Waals surface area contributed by atoms with Crippen LogP contribution in [0.4, 0.5) is 13.2 Å². The van der Waals surface area contributed by atoms with Gasteiger partial charge in [0.1, 0.15) is 0 Å². The molecule has 0 rings (SSSR count). The Bertz CT molecular complexity index is 270. The number of esters is 1. The second-order valence-corrected chi connectivity index (χ2v) is 4.89. The molecule has 102 valence electrons. The maximum Gasteiger partial charge on any atom is 0.417 e. The third kappa shape index (κ3) is 4.53. The fraction of sp³-hybridized carbons (Fsp3) is 0.909. The molecule has 0 saturated heterocycles. The predicted octanol–water partition coefficient (Wildman–Crippen LogP) is 2.67. The molecule has 0 fully saturated rings. The van der Waals surface area contributed by atoms with Crippen LogP contribution in [0.25, 0.3) is 0 Å². The van der Waals surface area contributed by atoms with Crippen molar-refractivity contribution in [1.29, 1.82) is 0 Å². The van der Waals surface area contributed by atoms with Crippen molar-refractivity contribution < 1.29 is 27.8 Å². The standard InChI is InChI=1S/C11H19F3O3/c1-5-9(2,3)8(15)17-7-6-10(4,16)11(12,13)14/h16H,5-7H2,1-4H3. The van der Waals surface area contributed by atoms with Gasteiger partial charge in [-0.3, -0.25) is 4.79 Å². The van der Waals surface area contributed by atoms with Gasteiger partial charge in [0.05, 0.1) is 12.0 Å². The molecule has 0 aromatic heterocycles. The molecule has 0 amide bonds. The van der Waals surface area contributed by atoms with Gasteiger partial charge in [0.15, 0.2) is 5.60 Å². The lowest BCUT2D eigenvalue weighted by atomic mass is 9.91. The first-order chi connectivity index (χ1) is 7.44. The number of hydrogen-bond donors (Lipinski definition) is 1. The minimum Gasteiger partial charge on any atom is -0.465 e. The van der Waals surface area contributed by atoms with Crippen LogP contribution in [-0.2, 0) is 9.53 Å². The molecule has 0 saturated carbocycles. The van der Waals surface area contributed by atoms with E-state index in [0.717, 1.165) is 0 Å². The summed E-state index contributed by atoms with van der Waals surface area (Å²) in [5.74, 6) is -0.557. The van der Waals surface area contributed by atoms with Crippen LogP contribution >= 0.6 is 0 Å². The minimum atomic E-state index is -4.72. The first kappa shape index (κ1) is 16.2. The number of hydrogen-bond acceptors (Lipinski definition) is 3. The van der Waals surface area contributed by atoms with Crippen LogP contribution < -0.4 is 0 Å². The van der Waals surface area contributed by atoms with E-state index in [2.05, 4.69) is 0 Å². The molecule has 17 heavy (non-hydrogen) atoms. The fourth-order valence-electron chi connectivity index (χ4n) is 0.824. The highest BCUT2D eigenvalue weighted by atomic mass is 19.4. The van der Waals surface area contributed by atoms with E-state index in [1.165, 1.54) is 0 Å². The van der Waals surface area contributed by atoms with Gasteiger partial charge in [0, 0.05) is 6.42 Å². The lowest BCUT2D eigenvalue weighted by Gasteiger charge is -2.27. The van der Waals surface area contributed by atoms with Gasteiger partial charge in [-0.05, 0) is 27.2 Å². The quantitative estimate of drug-likeness (QED) is 0.769. The molecule has 0 spiro atoms. The summed E-state index contributed by atoms with van der Waals surface area (Å²) in [4.78, 5) is 11.4. The van der Waals surface area contributed by atoms with Crippen LogP contribution in [0.2, 0.25) is 0 Å². The van der Waals surface area contributed by atoms with Crippen molar-refractivity contribution in [3.63, 3.8) is 0 Å². The summed E-state index contributed by atoms with van der Waals surface area (Å²) in [6.07, 6.45) is -4.86. The van der Waals surface area contributed by atoms with Crippen molar-refractivity contribution in [3.8, 4) is 0 Å². The topological polar surface area (TPSA) is 46.5 Å². The van der Waals surface area contributed by atoms with Crippen LogP contribution in [0, 0.1) is 5.41 Å². The summed E-state index contributed by atoms with van der Waals surface area (Å²) in [5.41, 5.74) is -3.55. The SMILES string of the molecule is CCC(C)(C)C(=O)OCCC(C)(O)C(F)(F)F. The molecule has 0 bridgehead atoms. The monoisotopic (exact) mass is 256 g/mol. The Morgan fingerprint density at radius 3 is 2.06 bits per heavy atom. The number of halogens is 3. The molecule has 0 aliphatic heterocycles. The largest absolute Gasteiger partial charge is 0.465 e. The predicted molar refractivity (Wildman–Crippen MR) is 56.3 cm³/mol. The smallest absolute Gasteiger partial charge is 0.417 e. The second kappa shape index (κ2) is 5.25. The minimum absolute atomic E-state index is 0.450. The van der Waals surface area contributed by atoms with Crippen LogP contribution in [0.5, 0.6) is 0 Å². The van der Waals surface area contributed by atoms with Crippen molar-refractivity contribution in [1.82, 2.24) is 0 Å². The maximum absolute atomic E-state index is 12.3. The van der Waals surface area contributed by atoms with Crippen LogP contribution in [-0.4, -0.2) is 29.5 Å². The Balaban J connectivity index is 4.22. The van der Waals surface area contributed by atoms with E-state index in [9.17, 15) is 18.0 Å². The van der Waals surface area contributed by atoms with E-state index in [0.29, 0.717) is 13.3 Å². The summed E-state index contributed by atoms with van der Waals surface area (Å²) in [5, 5.41) is 9.11. The number of carbonyl (C=O) groups excluding carboxylic acids is 1. The molecule has 1 unspecified atom stereocenters. The number of rotatable bonds is 5. The van der Waals surface area contributed by atoms with Crippen molar-refractivity contribution in [2.24, 2.45) is 5.41 Å². The molecule has 1 atom stereocenters. The van der Waals surface area contributed by atoms with Crippen molar-refractivity contribution >= 4 is 5.97 Å². The van der Waals surface area contributed by atoms with Crippen LogP contribution in [0.1, 0.15) is 40.5 Å². The highest BCUT2D eigenvalue weighted by Gasteiger charge is 2.49. The average molecular weight is 256 g/mol. The fourth-order valence-corrected chi connectivity index (χ4v) is 0.824. The molecule has 0 aliphatic carbocycles. The van der Waals surface area contributed by atoms with Gasteiger partial charge in [-0.2, -0.15) is 13.2 Å². The number of alkyl halides is 3. The highest BCUT2D eigenvalue weighted by molar-refractivity contribution is 5.75. The van der Waals surface area contributed by atoms with E-state index in [1.54, 1.807) is 20.8 Å². The van der Waals surface area contributed by atoms with E-state index >= 15 is 0 Å². The molecule has 0 heterocycles. The van der Waals surface area contributed by atoms with Crippen LogP contribution in [0.3, 0.4) is 0 Å². The Kier molecular flexibility index (Phi) is 5.01. The second-order valence-electron chi connectivity index (χ2n) is 4.89. The van der Waals surface area contributed by atoms with Crippen molar-refractivity contribution in [2.45, 2.75) is 52.3 Å². The molecule has 0 radical (unpaired) electrons. The Morgan fingerprint density at radius 1 is 1.24 bits per heavy atom. The van der Waals surface area contributed by atoms with Crippen molar-refractivity contribution in [2.75, 3.05) is 6.61 Å². The maximum atomic E-state index is 12.3. The van der Waals surface area contributed by atoms with Gasteiger partial charge in [-0.15, -0.1) is 0 Å². The lowest BCUT2D eigenvalue weighted by Crippen LogP contribution is -2.43. The molecule has 0 aliphatic rings. The molecular weight excluding hydrogens is 237 g/mol. The third-order valence-corrected chi connectivity index (χ3v) is 2.87. The van der Waals surface area contributed by atoms with Gasteiger partial charge < -0.3 is 9.84 Å². The third-order valence-electron chi connectivity index (χ3n) is 2.87. The zero-order valence-corrected chi connectivity index (χ0v) is 10.5. The first-order valence-electron chi connectivity index (χ1n) is 5.40. The van der Waals surface area contributed by atoms with Crippen LogP contribution in [0.15, 0.2) is 0 Å². The Labute approximate surface area is 99.0 Å². The molecule has 6 heteroatoms.